The molecule has 0 aliphatic carbocycles. The van der Waals surface area contributed by atoms with Gasteiger partial charge in [-0.2, -0.15) is 0 Å². The second-order valence-electron chi connectivity index (χ2n) is 7.70. The lowest BCUT2D eigenvalue weighted by molar-refractivity contribution is -0.189. The van der Waals surface area contributed by atoms with Gasteiger partial charge >= 0.3 is 0 Å². The van der Waals surface area contributed by atoms with Crippen LogP contribution in [0.4, 0.5) is 0 Å². The van der Waals surface area contributed by atoms with Gasteiger partial charge in [-0.1, -0.05) is 6.07 Å². The SMILES string of the molecule is O=C1c2c(cc(O)c(C3OC(CO)C(O)C(O)C3=O)c2O)OC(c2ccc(O)c(O)c2)C1O. The number of phenolic OH excluding ortho intramolecular Hbond substituents is 4. The highest BCUT2D eigenvalue weighted by atomic mass is 16.5. The fraction of sp³-hybridized carbons (Fsp3) is 0.333. The minimum atomic E-state index is -2.00. The van der Waals surface area contributed by atoms with Crippen LogP contribution in [0.5, 0.6) is 28.7 Å². The lowest BCUT2D eigenvalue weighted by atomic mass is 9.87. The highest BCUT2D eigenvalue weighted by Gasteiger charge is 2.48. The van der Waals surface area contributed by atoms with Crippen molar-refractivity contribution in [2.75, 3.05) is 6.61 Å². The van der Waals surface area contributed by atoms with Gasteiger partial charge in [-0.05, 0) is 17.7 Å². The maximum atomic E-state index is 12.9. The second-order valence-corrected chi connectivity index (χ2v) is 7.70. The van der Waals surface area contributed by atoms with Crippen molar-refractivity contribution in [3.63, 3.8) is 0 Å². The number of hydrogen-bond acceptors (Lipinski definition) is 12. The standard InChI is InChI=1S/C21H20O12/c22-5-11-14(26)17(29)19(31)21(33-11)12-9(25)4-10-13(15(12)27)16(28)18(30)20(32-10)6-1-2-7(23)8(24)3-6/h1-4,11,14,17-18,20-27,29-30H,5H2. The van der Waals surface area contributed by atoms with E-state index < -0.39 is 88.9 Å². The first kappa shape index (κ1) is 22.8. The van der Waals surface area contributed by atoms with Gasteiger partial charge in [0, 0.05) is 6.07 Å². The molecule has 1 fully saturated rings. The van der Waals surface area contributed by atoms with Crippen molar-refractivity contribution in [2.45, 2.75) is 36.6 Å². The summed E-state index contributed by atoms with van der Waals surface area (Å²) in [6.07, 6.45) is -10.3. The molecule has 0 aromatic heterocycles. The Hall–Kier alpha value is -3.42. The van der Waals surface area contributed by atoms with Crippen molar-refractivity contribution in [1.29, 1.82) is 0 Å². The van der Waals surface area contributed by atoms with Crippen molar-refractivity contribution < 1.29 is 59.9 Å². The van der Waals surface area contributed by atoms with Crippen LogP contribution in [0.15, 0.2) is 24.3 Å². The minimum absolute atomic E-state index is 0.105. The molecule has 6 unspecified atom stereocenters. The highest BCUT2D eigenvalue weighted by Crippen LogP contribution is 2.49. The molecule has 2 aliphatic rings. The number of aliphatic hydroxyl groups is 4. The molecule has 12 heteroatoms. The number of aliphatic hydroxyl groups excluding tert-OH is 4. The summed E-state index contributed by atoms with van der Waals surface area (Å²) >= 11 is 0. The molecule has 33 heavy (non-hydrogen) atoms. The number of rotatable bonds is 3. The third-order valence-electron chi connectivity index (χ3n) is 5.67. The number of aromatic hydroxyl groups is 4. The Morgan fingerprint density at radius 3 is 2.21 bits per heavy atom. The van der Waals surface area contributed by atoms with Crippen molar-refractivity contribution in [1.82, 2.24) is 0 Å². The van der Waals surface area contributed by atoms with Gasteiger partial charge in [-0.15, -0.1) is 0 Å². The number of fused-ring (bicyclic) bond motifs is 1. The van der Waals surface area contributed by atoms with Gasteiger partial charge in [-0.3, -0.25) is 9.59 Å². The van der Waals surface area contributed by atoms with E-state index in [1.165, 1.54) is 6.07 Å². The Morgan fingerprint density at radius 1 is 0.879 bits per heavy atom. The molecule has 1 saturated heterocycles. The third-order valence-corrected chi connectivity index (χ3v) is 5.67. The van der Waals surface area contributed by atoms with Crippen molar-refractivity contribution in [2.24, 2.45) is 0 Å². The Labute approximate surface area is 185 Å². The molecule has 2 aromatic rings. The first-order valence-corrected chi connectivity index (χ1v) is 9.72. The van der Waals surface area contributed by atoms with Gasteiger partial charge in [0.1, 0.15) is 41.1 Å². The molecule has 0 amide bonds. The molecule has 6 atom stereocenters. The van der Waals surface area contributed by atoms with Crippen molar-refractivity contribution in [3.8, 4) is 28.7 Å². The fourth-order valence-corrected chi connectivity index (χ4v) is 3.90. The predicted octanol–water partition coefficient (Wildman–Crippen LogP) is -1.09. The number of Topliss-reactive ketones (excluding diaryl/α,β-unsaturated/α-hetero) is 2. The van der Waals surface area contributed by atoms with Gasteiger partial charge in [0.25, 0.3) is 0 Å². The van der Waals surface area contributed by atoms with Crippen LogP contribution >= 0.6 is 0 Å². The van der Waals surface area contributed by atoms with Gasteiger partial charge < -0.3 is 50.3 Å². The highest BCUT2D eigenvalue weighted by molar-refractivity contribution is 6.06. The normalized spacial score (nSPS) is 29.5. The van der Waals surface area contributed by atoms with E-state index in [1.54, 1.807) is 0 Å². The molecular weight excluding hydrogens is 444 g/mol. The number of hydrogen-bond donors (Lipinski definition) is 8. The number of carbonyl (C=O) groups excluding carboxylic acids is 2. The second kappa shape index (κ2) is 8.17. The van der Waals surface area contributed by atoms with E-state index in [2.05, 4.69) is 0 Å². The molecule has 8 N–H and O–H groups in total. The molecule has 0 radical (unpaired) electrons. The van der Waals surface area contributed by atoms with E-state index in [4.69, 9.17) is 9.47 Å². The Morgan fingerprint density at radius 2 is 1.58 bits per heavy atom. The lowest BCUT2D eigenvalue weighted by Crippen LogP contribution is -2.53. The first-order valence-electron chi connectivity index (χ1n) is 9.72. The van der Waals surface area contributed by atoms with Gasteiger partial charge in [-0.25, -0.2) is 0 Å². The summed E-state index contributed by atoms with van der Waals surface area (Å²) in [4.78, 5) is 25.4. The van der Waals surface area contributed by atoms with Gasteiger partial charge in [0.15, 0.2) is 35.6 Å². The number of ether oxygens (including phenoxy) is 2. The molecule has 2 aromatic carbocycles. The Balaban J connectivity index is 1.77. The average molecular weight is 464 g/mol. The third kappa shape index (κ3) is 3.53. The van der Waals surface area contributed by atoms with E-state index in [0.717, 1.165) is 18.2 Å². The number of phenols is 4. The molecule has 176 valence electrons. The van der Waals surface area contributed by atoms with Crippen molar-refractivity contribution in [3.05, 3.63) is 41.0 Å². The lowest BCUT2D eigenvalue weighted by Gasteiger charge is -2.36. The molecular formula is C21H20O12. The summed E-state index contributed by atoms with van der Waals surface area (Å²) in [5.41, 5.74) is -1.09. The van der Waals surface area contributed by atoms with Crippen molar-refractivity contribution >= 4 is 11.6 Å². The summed E-state index contributed by atoms with van der Waals surface area (Å²) in [5, 5.41) is 80.0. The molecule has 2 heterocycles. The van der Waals surface area contributed by atoms with Crippen LogP contribution in [0.25, 0.3) is 0 Å². The molecule has 0 spiro atoms. The van der Waals surface area contributed by atoms with Crippen LogP contribution in [0.3, 0.4) is 0 Å². The van der Waals surface area contributed by atoms with Crippen LogP contribution in [-0.4, -0.2) is 83.4 Å². The monoisotopic (exact) mass is 464 g/mol. The zero-order valence-electron chi connectivity index (χ0n) is 16.7. The van der Waals surface area contributed by atoms with Gasteiger partial charge in [0.05, 0.1) is 12.2 Å². The number of benzene rings is 2. The smallest absolute Gasteiger partial charge is 0.202 e. The van der Waals surface area contributed by atoms with E-state index in [-0.39, 0.29) is 11.3 Å². The molecule has 4 rings (SSSR count). The number of ketones is 2. The van der Waals surface area contributed by atoms with Gasteiger partial charge in [0.2, 0.25) is 5.78 Å². The largest absolute Gasteiger partial charge is 0.507 e. The zero-order chi connectivity index (χ0) is 24.2. The number of carbonyl (C=O) groups is 2. The van der Waals surface area contributed by atoms with Crippen LogP contribution in [-0.2, 0) is 9.53 Å². The molecule has 0 bridgehead atoms. The minimum Gasteiger partial charge on any atom is -0.507 e. The summed E-state index contributed by atoms with van der Waals surface area (Å²) in [7, 11) is 0. The maximum Gasteiger partial charge on any atom is 0.202 e. The predicted molar refractivity (Wildman–Crippen MR) is 105 cm³/mol. The summed E-state index contributed by atoms with van der Waals surface area (Å²) in [5.74, 6) is -5.24. The summed E-state index contributed by atoms with van der Waals surface area (Å²) < 4.78 is 10.8. The Kier molecular flexibility index (Phi) is 5.64. The van der Waals surface area contributed by atoms with E-state index >= 15 is 0 Å². The van der Waals surface area contributed by atoms with Crippen LogP contribution in [0.1, 0.15) is 33.7 Å². The topological polar surface area (TPSA) is 214 Å². The van der Waals surface area contributed by atoms with Crippen LogP contribution in [0.2, 0.25) is 0 Å². The summed E-state index contributed by atoms with van der Waals surface area (Å²) in [6.45, 7) is -0.795. The first-order chi connectivity index (χ1) is 15.6. The zero-order valence-corrected chi connectivity index (χ0v) is 16.7. The van der Waals surface area contributed by atoms with Crippen LogP contribution in [0, 0.1) is 0 Å². The van der Waals surface area contributed by atoms with Crippen LogP contribution < -0.4 is 4.74 Å². The van der Waals surface area contributed by atoms with E-state index in [9.17, 15) is 50.4 Å². The Bertz CT molecular complexity index is 1130. The molecule has 0 saturated carbocycles. The fourth-order valence-electron chi connectivity index (χ4n) is 3.90. The van der Waals surface area contributed by atoms with E-state index in [1.807, 2.05) is 0 Å². The summed E-state index contributed by atoms with van der Waals surface area (Å²) in [6, 6.07) is 4.35. The molecule has 2 aliphatic heterocycles. The van der Waals surface area contributed by atoms with E-state index in [0.29, 0.717) is 0 Å². The maximum absolute atomic E-state index is 12.9. The average Bonchev–Trinajstić information content (AvgIpc) is 2.77. The molecule has 12 nitrogen and oxygen atoms in total. The quantitative estimate of drug-likeness (QED) is 0.254.